The van der Waals surface area contributed by atoms with Crippen molar-refractivity contribution in [2.45, 2.75) is 25.3 Å². The summed E-state index contributed by atoms with van der Waals surface area (Å²) in [6, 6.07) is 4.99. The lowest BCUT2D eigenvalue weighted by atomic mass is 10.1. The largest absolute Gasteiger partial charge is 0.489 e. The van der Waals surface area contributed by atoms with Crippen LogP contribution in [0, 0.1) is 0 Å². The molecule has 1 aliphatic heterocycles. The molecule has 1 unspecified atom stereocenters. The average Bonchev–Trinajstić information content (AvgIpc) is 2.86. The van der Waals surface area contributed by atoms with Gasteiger partial charge in [-0.1, -0.05) is 6.92 Å². The number of likely N-dealkylation sites (N-methyl/N-ethyl adjacent to an activating group) is 1. The molecule has 0 amide bonds. The van der Waals surface area contributed by atoms with E-state index in [0.717, 1.165) is 26.1 Å². The molecule has 1 atom stereocenters. The van der Waals surface area contributed by atoms with Crippen LogP contribution in [0.1, 0.15) is 29.3 Å². The van der Waals surface area contributed by atoms with Crippen molar-refractivity contribution >= 4 is 17.6 Å². The number of ether oxygens (including phenoxy) is 1. The van der Waals surface area contributed by atoms with Crippen LogP contribution in [-0.2, 0) is 5.88 Å². The maximum atomic E-state index is 11.0. The standard InChI is InChI=1S/C14H18ClNO3/c1-2-16-6-5-12(9-16)19-11-3-4-13(14(17)18)10(7-11)8-15/h3-4,7,12H,2,5-6,8-9H2,1H3,(H,17,18). The van der Waals surface area contributed by atoms with E-state index in [1.54, 1.807) is 18.2 Å². The summed E-state index contributed by atoms with van der Waals surface area (Å²) in [5, 5.41) is 9.03. The monoisotopic (exact) mass is 283 g/mol. The van der Waals surface area contributed by atoms with Crippen LogP contribution in [0.15, 0.2) is 18.2 Å². The van der Waals surface area contributed by atoms with E-state index in [9.17, 15) is 4.79 Å². The quantitative estimate of drug-likeness (QED) is 0.844. The Bertz CT molecular complexity index is 464. The Kier molecular flexibility index (Phi) is 4.66. The third-order valence-electron chi connectivity index (χ3n) is 3.43. The van der Waals surface area contributed by atoms with Gasteiger partial charge in [0.2, 0.25) is 0 Å². The topological polar surface area (TPSA) is 49.8 Å². The van der Waals surface area contributed by atoms with E-state index in [0.29, 0.717) is 11.3 Å². The summed E-state index contributed by atoms with van der Waals surface area (Å²) in [5.41, 5.74) is 0.834. The van der Waals surface area contributed by atoms with Gasteiger partial charge in [0.05, 0.1) is 5.56 Å². The molecule has 1 aromatic rings. The number of aromatic carboxylic acids is 1. The summed E-state index contributed by atoms with van der Waals surface area (Å²) in [4.78, 5) is 13.3. The second-order valence-corrected chi connectivity index (χ2v) is 4.95. The average molecular weight is 284 g/mol. The van der Waals surface area contributed by atoms with E-state index < -0.39 is 5.97 Å². The highest BCUT2D eigenvalue weighted by molar-refractivity contribution is 6.17. The Labute approximate surface area is 117 Å². The van der Waals surface area contributed by atoms with E-state index >= 15 is 0 Å². The fourth-order valence-electron chi connectivity index (χ4n) is 2.34. The lowest BCUT2D eigenvalue weighted by molar-refractivity contribution is 0.0696. The number of halogens is 1. The molecule has 5 heteroatoms. The van der Waals surface area contributed by atoms with Crippen molar-refractivity contribution in [3.8, 4) is 5.75 Å². The molecule has 0 radical (unpaired) electrons. The molecule has 0 saturated carbocycles. The van der Waals surface area contributed by atoms with Gasteiger partial charge in [0.15, 0.2) is 0 Å². The summed E-state index contributed by atoms with van der Waals surface area (Å²) in [6.07, 6.45) is 1.18. The number of carboxylic acids is 1. The molecule has 1 fully saturated rings. The van der Waals surface area contributed by atoms with Gasteiger partial charge in [-0.05, 0) is 36.7 Å². The molecule has 0 bridgehead atoms. The van der Waals surface area contributed by atoms with E-state index in [4.69, 9.17) is 21.4 Å². The summed E-state index contributed by atoms with van der Waals surface area (Å²) < 4.78 is 5.89. The Balaban J connectivity index is 2.07. The first-order chi connectivity index (χ1) is 9.13. The van der Waals surface area contributed by atoms with Crippen molar-refractivity contribution in [1.82, 2.24) is 4.90 Å². The number of carbonyl (C=O) groups is 1. The van der Waals surface area contributed by atoms with Crippen LogP contribution in [0.25, 0.3) is 0 Å². The number of nitrogens with zero attached hydrogens (tertiary/aromatic N) is 1. The second-order valence-electron chi connectivity index (χ2n) is 4.68. The maximum absolute atomic E-state index is 11.0. The van der Waals surface area contributed by atoms with Crippen LogP contribution in [0.5, 0.6) is 5.75 Å². The summed E-state index contributed by atoms with van der Waals surface area (Å²) >= 11 is 5.78. The Hall–Kier alpha value is -1.26. The zero-order valence-corrected chi connectivity index (χ0v) is 11.7. The van der Waals surface area contributed by atoms with Crippen molar-refractivity contribution in [2.75, 3.05) is 19.6 Å². The lowest BCUT2D eigenvalue weighted by Gasteiger charge is -2.16. The number of rotatable bonds is 5. The molecular weight excluding hydrogens is 266 g/mol. The summed E-state index contributed by atoms with van der Waals surface area (Å²) in [7, 11) is 0. The van der Waals surface area contributed by atoms with Gasteiger partial charge in [0.1, 0.15) is 11.9 Å². The molecule has 19 heavy (non-hydrogen) atoms. The molecule has 2 rings (SSSR count). The van der Waals surface area contributed by atoms with Crippen LogP contribution >= 0.6 is 11.6 Å². The van der Waals surface area contributed by atoms with Crippen LogP contribution in [0.3, 0.4) is 0 Å². The number of benzene rings is 1. The number of likely N-dealkylation sites (tertiary alicyclic amines) is 1. The zero-order chi connectivity index (χ0) is 13.8. The number of hydrogen-bond donors (Lipinski definition) is 1. The molecule has 104 valence electrons. The highest BCUT2D eigenvalue weighted by Gasteiger charge is 2.23. The van der Waals surface area contributed by atoms with Crippen LogP contribution in [0.2, 0.25) is 0 Å². The minimum atomic E-state index is -0.958. The van der Waals surface area contributed by atoms with E-state index in [1.165, 1.54) is 0 Å². The van der Waals surface area contributed by atoms with Gasteiger partial charge in [0, 0.05) is 19.0 Å². The molecule has 0 spiro atoms. The lowest BCUT2D eigenvalue weighted by Crippen LogP contribution is -2.24. The highest BCUT2D eigenvalue weighted by atomic mass is 35.5. The van der Waals surface area contributed by atoms with Crippen LogP contribution < -0.4 is 4.74 Å². The minimum Gasteiger partial charge on any atom is -0.489 e. The SMILES string of the molecule is CCN1CCC(Oc2ccc(C(=O)O)c(CCl)c2)C1. The molecule has 1 saturated heterocycles. The van der Waals surface area contributed by atoms with E-state index in [2.05, 4.69) is 11.8 Å². The number of carboxylic acid groups (broad SMARTS) is 1. The van der Waals surface area contributed by atoms with E-state index in [-0.39, 0.29) is 17.5 Å². The Morgan fingerprint density at radius 2 is 2.37 bits per heavy atom. The first kappa shape index (κ1) is 14.2. The zero-order valence-electron chi connectivity index (χ0n) is 10.9. The molecule has 1 heterocycles. The minimum absolute atomic E-state index is 0.171. The van der Waals surface area contributed by atoms with Gasteiger partial charge in [-0.15, -0.1) is 11.6 Å². The van der Waals surface area contributed by atoms with Crippen molar-refractivity contribution in [1.29, 1.82) is 0 Å². The van der Waals surface area contributed by atoms with E-state index in [1.807, 2.05) is 0 Å². The number of hydrogen-bond acceptors (Lipinski definition) is 3. The normalized spacial score (nSPS) is 19.6. The smallest absolute Gasteiger partial charge is 0.336 e. The van der Waals surface area contributed by atoms with Gasteiger partial charge in [0.25, 0.3) is 0 Å². The van der Waals surface area contributed by atoms with Gasteiger partial charge in [-0.3, -0.25) is 4.90 Å². The Morgan fingerprint density at radius 1 is 1.58 bits per heavy atom. The molecule has 1 aromatic carbocycles. The molecule has 0 aliphatic carbocycles. The fraction of sp³-hybridized carbons (Fsp3) is 0.500. The van der Waals surface area contributed by atoms with Crippen molar-refractivity contribution < 1.29 is 14.6 Å². The van der Waals surface area contributed by atoms with Gasteiger partial charge in [-0.25, -0.2) is 4.79 Å². The van der Waals surface area contributed by atoms with Crippen molar-refractivity contribution in [3.05, 3.63) is 29.3 Å². The van der Waals surface area contributed by atoms with Crippen molar-refractivity contribution in [3.63, 3.8) is 0 Å². The number of alkyl halides is 1. The molecule has 1 N–H and O–H groups in total. The fourth-order valence-corrected chi connectivity index (χ4v) is 2.56. The Morgan fingerprint density at radius 3 is 2.95 bits per heavy atom. The predicted molar refractivity (Wildman–Crippen MR) is 74.1 cm³/mol. The molecule has 4 nitrogen and oxygen atoms in total. The molecular formula is C14H18ClNO3. The molecule has 0 aromatic heterocycles. The second kappa shape index (κ2) is 6.26. The predicted octanol–water partition coefficient (Wildman–Crippen LogP) is 2.60. The van der Waals surface area contributed by atoms with Gasteiger partial charge < -0.3 is 9.84 Å². The first-order valence-electron chi connectivity index (χ1n) is 6.45. The van der Waals surface area contributed by atoms with Crippen molar-refractivity contribution in [2.24, 2.45) is 0 Å². The third-order valence-corrected chi connectivity index (χ3v) is 3.72. The first-order valence-corrected chi connectivity index (χ1v) is 6.98. The summed E-state index contributed by atoms with van der Waals surface area (Å²) in [5.74, 6) is -0.0891. The van der Waals surface area contributed by atoms with Gasteiger partial charge >= 0.3 is 5.97 Å². The molecule has 1 aliphatic rings. The summed E-state index contributed by atoms with van der Waals surface area (Å²) in [6.45, 7) is 5.14. The van der Waals surface area contributed by atoms with Crippen LogP contribution in [-0.4, -0.2) is 41.7 Å². The maximum Gasteiger partial charge on any atom is 0.336 e. The highest BCUT2D eigenvalue weighted by Crippen LogP contribution is 2.23. The van der Waals surface area contributed by atoms with Crippen LogP contribution in [0.4, 0.5) is 0 Å². The van der Waals surface area contributed by atoms with Gasteiger partial charge in [-0.2, -0.15) is 0 Å². The third kappa shape index (κ3) is 3.39.